The van der Waals surface area contributed by atoms with Crippen molar-refractivity contribution >= 4 is 16.9 Å². The number of hydrogen-bond donors (Lipinski definition) is 0. The lowest BCUT2D eigenvalue weighted by molar-refractivity contribution is 0.0734. The summed E-state index contributed by atoms with van der Waals surface area (Å²) in [4.78, 5) is 12.2. The average Bonchev–Trinajstić information content (AvgIpc) is 3.10. The van der Waals surface area contributed by atoms with Crippen LogP contribution >= 0.6 is 0 Å². The zero-order chi connectivity index (χ0) is 19.5. The minimum Gasteiger partial charge on any atom is -0.496 e. The maximum atomic E-state index is 13.3. The van der Waals surface area contributed by atoms with Crippen molar-refractivity contribution in [3.8, 4) is 11.5 Å². The van der Waals surface area contributed by atoms with Crippen LogP contribution in [0.5, 0.6) is 11.5 Å². The summed E-state index contributed by atoms with van der Waals surface area (Å²) >= 11 is 0. The number of benzene rings is 3. The van der Waals surface area contributed by atoms with Crippen LogP contribution < -0.4 is 9.47 Å². The van der Waals surface area contributed by atoms with E-state index < -0.39 is 11.8 Å². The van der Waals surface area contributed by atoms with Crippen molar-refractivity contribution in [2.24, 2.45) is 0 Å². The van der Waals surface area contributed by atoms with Gasteiger partial charge >= 0.3 is 5.97 Å². The van der Waals surface area contributed by atoms with Gasteiger partial charge in [0.25, 0.3) is 0 Å². The van der Waals surface area contributed by atoms with Crippen LogP contribution in [0, 0.1) is 5.82 Å². The van der Waals surface area contributed by atoms with Crippen LogP contribution in [0.4, 0.5) is 4.39 Å². The number of fused-ring (bicyclic) bond motifs is 1. The van der Waals surface area contributed by atoms with E-state index in [2.05, 4.69) is 5.16 Å². The van der Waals surface area contributed by atoms with Gasteiger partial charge < -0.3 is 14.0 Å². The number of nitrogens with zero attached hydrogens (tertiary/aromatic N) is 1. The Balaban J connectivity index is 1.57. The molecule has 6 heteroatoms. The lowest BCUT2D eigenvalue weighted by Crippen LogP contribution is -2.08. The molecule has 0 amide bonds. The molecule has 0 saturated carbocycles. The largest absolute Gasteiger partial charge is 0.496 e. The fourth-order valence-electron chi connectivity index (χ4n) is 2.97. The first-order chi connectivity index (χ1) is 13.6. The zero-order valence-electron chi connectivity index (χ0n) is 15.0. The summed E-state index contributed by atoms with van der Waals surface area (Å²) in [6, 6.07) is 18.1. The van der Waals surface area contributed by atoms with Gasteiger partial charge in [-0.1, -0.05) is 29.4 Å². The van der Waals surface area contributed by atoms with E-state index in [1.807, 2.05) is 24.3 Å². The normalized spacial score (nSPS) is 10.8. The van der Waals surface area contributed by atoms with Crippen molar-refractivity contribution in [3.05, 3.63) is 89.4 Å². The van der Waals surface area contributed by atoms with Crippen molar-refractivity contribution in [3.63, 3.8) is 0 Å². The van der Waals surface area contributed by atoms with Crippen molar-refractivity contribution in [1.29, 1.82) is 0 Å². The van der Waals surface area contributed by atoms with E-state index in [9.17, 15) is 9.18 Å². The Morgan fingerprint density at radius 1 is 1.07 bits per heavy atom. The first-order valence-electron chi connectivity index (χ1n) is 8.62. The third kappa shape index (κ3) is 3.57. The summed E-state index contributed by atoms with van der Waals surface area (Å²) in [6.07, 6.45) is 0.541. The van der Waals surface area contributed by atoms with Crippen LogP contribution in [-0.4, -0.2) is 18.2 Å². The zero-order valence-corrected chi connectivity index (χ0v) is 15.0. The molecular weight excluding hydrogens is 361 g/mol. The molecule has 3 aromatic carbocycles. The van der Waals surface area contributed by atoms with Gasteiger partial charge in [0.15, 0.2) is 5.58 Å². The quantitative estimate of drug-likeness (QED) is 0.370. The van der Waals surface area contributed by atoms with Crippen LogP contribution in [0.25, 0.3) is 11.0 Å². The maximum Gasteiger partial charge on any atom is 0.343 e. The summed E-state index contributed by atoms with van der Waals surface area (Å²) in [5.41, 5.74) is 2.37. The van der Waals surface area contributed by atoms with E-state index >= 15 is 0 Å². The van der Waals surface area contributed by atoms with Gasteiger partial charge in [-0.2, -0.15) is 0 Å². The number of hydrogen-bond acceptors (Lipinski definition) is 5. The smallest absolute Gasteiger partial charge is 0.343 e. The number of rotatable bonds is 5. The average molecular weight is 377 g/mol. The van der Waals surface area contributed by atoms with Crippen LogP contribution in [0.1, 0.15) is 21.6 Å². The van der Waals surface area contributed by atoms with Crippen LogP contribution in [0.15, 0.2) is 71.3 Å². The number of aromatic nitrogens is 1. The molecule has 0 spiro atoms. The predicted octanol–water partition coefficient (Wildman–Crippen LogP) is 4.79. The number of carbonyl (C=O) groups is 1. The molecule has 0 aliphatic heterocycles. The van der Waals surface area contributed by atoms with Crippen molar-refractivity contribution in [1.82, 2.24) is 5.16 Å². The van der Waals surface area contributed by atoms with Gasteiger partial charge in [0, 0.05) is 23.4 Å². The minimum absolute atomic E-state index is 0.134. The molecule has 0 atom stereocenters. The first kappa shape index (κ1) is 17.7. The molecule has 140 valence electrons. The lowest BCUT2D eigenvalue weighted by Gasteiger charge is -2.06. The summed E-state index contributed by atoms with van der Waals surface area (Å²) in [6.45, 7) is 0. The van der Waals surface area contributed by atoms with Gasteiger partial charge in [0.2, 0.25) is 0 Å². The Hall–Kier alpha value is -3.67. The number of ether oxygens (including phenoxy) is 2. The van der Waals surface area contributed by atoms with Gasteiger partial charge in [-0.15, -0.1) is 0 Å². The standard InChI is InChI=1S/C22H16FNO4/c1-26-20-8-3-2-5-14(20)12-19-18-10-9-17(13-21(18)28-24-19)27-22(25)15-6-4-7-16(23)11-15/h2-11,13H,12H2,1H3. The number of esters is 1. The Morgan fingerprint density at radius 3 is 2.75 bits per heavy atom. The molecule has 0 bridgehead atoms. The molecule has 0 radical (unpaired) electrons. The maximum absolute atomic E-state index is 13.3. The molecule has 28 heavy (non-hydrogen) atoms. The molecule has 1 heterocycles. The molecule has 0 fully saturated rings. The van der Waals surface area contributed by atoms with Gasteiger partial charge in [-0.3, -0.25) is 0 Å². The molecule has 4 rings (SSSR count). The molecule has 0 N–H and O–H groups in total. The molecule has 0 unspecified atom stereocenters. The highest BCUT2D eigenvalue weighted by Gasteiger charge is 2.14. The predicted molar refractivity (Wildman–Crippen MR) is 101 cm³/mol. The Kier molecular flexibility index (Phi) is 4.76. The van der Waals surface area contributed by atoms with Gasteiger partial charge in [-0.25, -0.2) is 9.18 Å². The van der Waals surface area contributed by atoms with Crippen molar-refractivity contribution in [2.45, 2.75) is 6.42 Å². The monoisotopic (exact) mass is 377 g/mol. The highest BCUT2D eigenvalue weighted by Crippen LogP contribution is 2.28. The second-order valence-corrected chi connectivity index (χ2v) is 6.18. The third-order valence-electron chi connectivity index (χ3n) is 4.34. The highest BCUT2D eigenvalue weighted by atomic mass is 19.1. The molecular formula is C22H16FNO4. The fourth-order valence-corrected chi connectivity index (χ4v) is 2.97. The molecule has 4 aromatic rings. The Labute approximate surface area is 160 Å². The number of methoxy groups -OCH3 is 1. The van der Waals surface area contributed by atoms with Gasteiger partial charge in [0.05, 0.1) is 18.4 Å². The highest BCUT2D eigenvalue weighted by molar-refractivity contribution is 5.91. The molecule has 0 saturated heterocycles. The van der Waals surface area contributed by atoms with E-state index in [1.54, 1.807) is 25.3 Å². The number of halogens is 1. The molecule has 1 aromatic heterocycles. The Morgan fingerprint density at radius 2 is 1.93 bits per heavy atom. The fraction of sp³-hybridized carbons (Fsp3) is 0.0909. The van der Waals surface area contributed by atoms with E-state index in [1.165, 1.54) is 18.2 Å². The topological polar surface area (TPSA) is 61.6 Å². The van der Waals surface area contributed by atoms with Crippen LogP contribution in [0.3, 0.4) is 0 Å². The van der Waals surface area contributed by atoms with E-state index in [-0.39, 0.29) is 5.56 Å². The van der Waals surface area contributed by atoms with Crippen molar-refractivity contribution in [2.75, 3.05) is 7.11 Å². The lowest BCUT2D eigenvalue weighted by atomic mass is 10.1. The first-order valence-corrected chi connectivity index (χ1v) is 8.62. The number of carbonyl (C=O) groups excluding carboxylic acids is 1. The second-order valence-electron chi connectivity index (χ2n) is 6.18. The van der Waals surface area contributed by atoms with E-state index in [0.29, 0.717) is 17.8 Å². The SMILES string of the molecule is COc1ccccc1Cc1noc2cc(OC(=O)c3cccc(F)c3)ccc12. The van der Waals surface area contributed by atoms with E-state index in [4.69, 9.17) is 14.0 Å². The summed E-state index contributed by atoms with van der Waals surface area (Å²) in [5.74, 6) is -0.0743. The number of para-hydroxylation sites is 1. The molecule has 0 aliphatic carbocycles. The molecule has 5 nitrogen and oxygen atoms in total. The van der Waals surface area contributed by atoms with Crippen LogP contribution in [-0.2, 0) is 6.42 Å². The van der Waals surface area contributed by atoms with Crippen molar-refractivity contribution < 1.29 is 23.2 Å². The Bertz CT molecular complexity index is 1150. The summed E-state index contributed by atoms with van der Waals surface area (Å²) in [7, 11) is 1.62. The van der Waals surface area contributed by atoms with Gasteiger partial charge in [0.1, 0.15) is 17.3 Å². The summed E-state index contributed by atoms with van der Waals surface area (Å²) in [5, 5.41) is 4.95. The second kappa shape index (κ2) is 7.52. The molecule has 0 aliphatic rings. The third-order valence-corrected chi connectivity index (χ3v) is 4.34. The van der Waals surface area contributed by atoms with Gasteiger partial charge in [-0.05, 0) is 36.4 Å². The van der Waals surface area contributed by atoms with Crippen LogP contribution in [0.2, 0.25) is 0 Å². The summed E-state index contributed by atoms with van der Waals surface area (Å²) < 4.78 is 29.4. The minimum atomic E-state index is -0.646. The van der Waals surface area contributed by atoms with E-state index in [0.717, 1.165) is 28.5 Å².